The first kappa shape index (κ1) is 38.6. The predicted octanol–water partition coefficient (Wildman–Crippen LogP) is 6.72. The summed E-state index contributed by atoms with van der Waals surface area (Å²) in [5.74, 6) is -15.8. The van der Waals surface area contributed by atoms with Gasteiger partial charge in [-0.1, -0.05) is 0 Å². The van der Waals surface area contributed by atoms with Crippen molar-refractivity contribution in [3.63, 3.8) is 0 Å². The predicted molar refractivity (Wildman–Crippen MR) is 204 cm³/mol. The summed E-state index contributed by atoms with van der Waals surface area (Å²) >= 11 is 0. The summed E-state index contributed by atoms with van der Waals surface area (Å²) in [5.41, 5.74) is 0.390. The second kappa shape index (κ2) is 14.3. The van der Waals surface area contributed by atoms with Crippen LogP contribution in [0.2, 0.25) is 0 Å². The highest BCUT2D eigenvalue weighted by atomic mass is 16.5. The van der Waals surface area contributed by atoms with Gasteiger partial charge in [-0.15, -0.1) is 0 Å². The summed E-state index contributed by atoms with van der Waals surface area (Å²) in [6, 6.07) is 9.87. The first-order valence-corrected chi connectivity index (χ1v) is 18.0. The third-order valence-electron chi connectivity index (χ3n) is 10.3. The number of ether oxygens (including phenoxy) is 4. The highest BCUT2D eigenvalue weighted by Gasteiger charge is 2.28. The van der Waals surface area contributed by atoms with Crippen LogP contribution < -0.4 is 18.9 Å². The van der Waals surface area contributed by atoms with E-state index >= 15 is 0 Å². The van der Waals surface area contributed by atoms with E-state index in [1.165, 1.54) is 24.3 Å². The standard InChI is InChI=1S/C42H34O18/c43-29-17-3-5-19-13-27(37(51)41(55)31(19)45)59-23-9-16-2-1-15-7-21(57-25(11-17)35(49)39(29)53)33(47)22(8-15)58-26-12-18(30(44)40(54)36(26)50)4-6-20-14-28(38(52)42(56)32(20)46)60-24(10-16)34(23)48/h7-14,43-56H,1-6H2. The van der Waals surface area contributed by atoms with Crippen LogP contribution in [0.25, 0.3) is 0 Å². The van der Waals surface area contributed by atoms with Gasteiger partial charge in [-0.25, -0.2) is 0 Å². The normalized spacial score (nSPS) is 13.4. The lowest BCUT2D eigenvalue weighted by Crippen LogP contribution is -2.00. The number of phenols is 14. The van der Waals surface area contributed by atoms with Gasteiger partial charge in [0.2, 0.25) is 57.5 Å². The Hall–Kier alpha value is -8.28. The van der Waals surface area contributed by atoms with E-state index < -0.39 is 103 Å². The maximum atomic E-state index is 11.5. The van der Waals surface area contributed by atoms with Crippen LogP contribution in [0.4, 0.5) is 0 Å². The van der Waals surface area contributed by atoms with E-state index in [0.29, 0.717) is 11.1 Å². The molecule has 0 aliphatic carbocycles. The van der Waals surface area contributed by atoms with Crippen LogP contribution in [0.5, 0.6) is 126 Å². The third kappa shape index (κ3) is 6.50. The zero-order valence-corrected chi connectivity index (χ0v) is 30.8. The smallest absolute Gasteiger partial charge is 0.205 e. The summed E-state index contributed by atoms with van der Waals surface area (Å²) in [6.07, 6.45) is -0.881. The zero-order chi connectivity index (χ0) is 42.9. The maximum Gasteiger partial charge on any atom is 0.205 e. The molecule has 14 N–H and O–H groups in total. The van der Waals surface area contributed by atoms with Gasteiger partial charge in [0.15, 0.2) is 69.0 Å². The Morgan fingerprint density at radius 3 is 0.633 bits per heavy atom. The van der Waals surface area contributed by atoms with E-state index in [2.05, 4.69) is 0 Å². The molecule has 6 aromatic carbocycles. The zero-order valence-electron chi connectivity index (χ0n) is 30.8. The van der Waals surface area contributed by atoms with Crippen LogP contribution >= 0.6 is 0 Å². The van der Waals surface area contributed by atoms with Crippen molar-refractivity contribution in [2.45, 2.75) is 38.5 Å². The van der Waals surface area contributed by atoms with Gasteiger partial charge in [-0.05, 0) is 98.2 Å². The van der Waals surface area contributed by atoms with E-state index in [1.807, 2.05) is 0 Å². The van der Waals surface area contributed by atoms with Crippen molar-refractivity contribution in [2.75, 3.05) is 0 Å². The van der Waals surface area contributed by atoms with Crippen molar-refractivity contribution >= 4 is 0 Å². The number of hydrogen-bond donors (Lipinski definition) is 14. The van der Waals surface area contributed by atoms with Crippen LogP contribution in [0.3, 0.4) is 0 Å². The first-order valence-electron chi connectivity index (χ1n) is 18.0. The minimum atomic E-state index is -1.01. The number of fused-ring (bicyclic) bond motifs is 13. The summed E-state index contributed by atoms with van der Waals surface area (Å²) in [4.78, 5) is 0. The van der Waals surface area contributed by atoms with E-state index in [1.54, 1.807) is 0 Å². The molecular weight excluding hydrogens is 792 g/mol. The fourth-order valence-electron chi connectivity index (χ4n) is 6.95. The number of phenolic OH excluding ortho intramolecular Hbond substituents is 14. The Morgan fingerprint density at radius 1 is 0.217 bits per heavy atom. The molecular formula is C42H34O18. The van der Waals surface area contributed by atoms with E-state index in [-0.39, 0.29) is 83.8 Å². The molecule has 0 fully saturated rings. The molecule has 0 aromatic heterocycles. The van der Waals surface area contributed by atoms with Crippen molar-refractivity contribution in [2.24, 2.45) is 0 Å². The first-order chi connectivity index (χ1) is 28.5. The van der Waals surface area contributed by atoms with Crippen LogP contribution in [-0.4, -0.2) is 71.5 Å². The quantitative estimate of drug-likeness (QED) is 0.0707. The van der Waals surface area contributed by atoms with Crippen molar-refractivity contribution < 1.29 is 90.4 Å². The lowest BCUT2D eigenvalue weighted by atomic mass is 10.00. The number of aryl methyl sites for hydroxylation is 6. The van der Waals surface area contributed by atoms with Crippen LogP contribution in [0, 0.1) is 0 Å². The van der Waals surface area contributed by atoms with Crippen molar-refractivity contribution in [1.29, 1.82) is 0 Å². The van der Waals surface area contributed by atoms with Gasteiger partial charge in [0.1, 0.15) is 0 Å². The number of rotatable bonds is 0. The van der Waals surface area contributed by atoms with Crippen LogP contribution in [0.1, 0.15) is 33.4 Å². The SMILES string of the molecule is Oc1c2cc3cc1Oc1cc(c(O)c(O)c1O)CCc1cc(c(O)c(O)c1O)Oc1cc(cc(c1O)Oc1cc(c(O)c(O)c1O)CCc1cc(c(O)c(O)c1O)O2)CC3. The molecule has 0 unspecified atom stereocenters. The summed E-state index contributed by atoms with van der Waals surface area (Å²) < 4.78 is 23.7. The number of hydrogen-bond acceptors (Lipinski definition) is 18. The molecule has 2 aliphatic heterocycles. The Bertz CT molecular complexity index is 2410. The molecule has 0 radical (unpaired) electrons. The van der Waals surface area contributed by atoms with Gasteiger partial charge in [0.05, 0.1) is 0 Å². The highest BCUT2D eigenvalue weighted by Crippen LogP contribution is 2.55. The lowest BCUT2D eigenvalue weighted by Gasteiger charge is -2.20. The Labute approximate surface area is 336 Å². The Balaban J connectivity index is 1.39. The molecule has 18 nitrogen and oxygen atoms in total. The molecule has 6 aromatic rings. The minimum Gasteiger partial charge on any atom is -0.504 e. The average Bonchev–Trinajstić information content (AvgIpc) is 3.22. The summed E-state index contributed by atoms with van der Waals surface area (Å²) in [6.45, 7) is 0. The van der Waals surface area contributed by atoms with E-state index in [0.717, 1.165) is 24.3 Å². The lowest BCUT2D eigenvalue weighted by molar-refractivity contribution is 0.329. The van der Waals surface area contributed by atoms with Gasteiger partial charge in [0.25, 0.3) is 0 Å². The monoisotopic (exact) mass is 826 g/mol. The van der Waals surface area contributed by atoms with Gasteiger partial charge in [0, 0.05) is 22.3 Å². The molecule has 2 heterocycles. The maximum absolute atomic E-state index is 11.5. The van der Waals surface area contributed by atoms with Crippen molar-refractivity contribution in [3.8, 4) is 126 Å². The molecule has 2 aliphatic rings. The molecule has 8 rings (SSSR count). The molecule has 0 saturated carbocycles. The highest BCUT2D eigenvalue weighted by molar-refractivity contribution is 5.68. The second-order valence-electron chi connectivity index (χ2n) is 14.1. The van der Waals surface area contributed by atoms with Crippen LogP contribution in [0.15, 0.2) is 48.5 Å². The molecule has 60 heavy (non-hydrogen) atoms. The number of aromatic hydroxyl groups is 14. The summed E-state index contributed by atoms with van der Waals surface area (Å²) in [5, 5.41) is 152. The molecule has 18 heteroatoms. The molecule has 0 spiro atoms. The average molecular weight is 827 g/mol. The van der Waals surface area contributed by atoms with E-state index in [4.69, 9.17) is 18.9 Å². The van der Waals surface area contributed by atoms with Gasteiger partial charge < -0.3 is 90.4 Å². The second-order valence-corrected chi connectivity index (χ2v) is 14.1. The van der Waals surface area contributed by atoms with Crippen molar-refractivity contribution in [3.05, 3.63) is 81.9 Å². The Morgan fingerprint density at radius 2 is 0.417 bits per heavy atom. The fourth-order valence-corrected chi connectivity index (χ4v) is 6.95. The summed E-state index contributed by atoms with van der Waals surface area (Å²) in [7, 11) is 0. The van der Waals surface area contributed by atoms with Crippen molar-refractivity contribution in [1.82, 2.24) is 0 Å². The largest absolute Gasteiger partial charge is 0.504 e. The molecule has 0 atom stereocenters. The third-order valence-corrected chi connectivity index (χ3v) is 10.3. The molecule has 310 valence electrons. The van der Waals surface area contributed by atoms with Crippen LogP contribution in [-0.2, 0) is 38.5 Å². The molecule has 0 saturated heterocycles. The van der Waals surface area contributed by atoms with Gasteiger partial charge in [-0.2, -0.15) is 0 Å². The fraction of sp³-hybridized carbons (Fsp3) is 0.143. The Kier molecular flexibility index (Phi) is 9.18. The molecule has 14 bridgehead atoms. The number of benzene rings is 6. The minimum absolute atomic E-state index is 0.0254. The van der Waals surface area contributed by atoms with Gasteiger partial charge in [-0.3, -0.25) is 0 Å². The van der Waals surface area contributed by atoms with Gasteiger partial charge >= 0.3 is 0 Å². The topological polar surface area (TPSA) is 320 Å². The molecule has 0 amide bonds. The van der Waals surface area contributed by atoms with E-state index in [9.17, 15) is 71.5 Å².